The maximum Gasteiger partial charge on any atom is 0.354 e. The highest BCUT2D eigenvalue weighted by Crippen LogP contribution is 2.23. The molecule has 1 aromatic heterocycles. The monoisotopic (exact) mass is 278 g/mol. The summed E-state index contributed by atoms with van der Waals surface area (Å²) in [7, 11) is 1.35. The van der Waals surface area contributed by atoms with Gasteiger partial charge in [-0.1, -0.05) is 17.7 Å². The smallest absolute Gasteiger partial charge is 0.354 e. The zero-order valence-electron chi connectivity index (χ0n) is 10.8. The van der Waals surface area contributed by atoms with Crippen molar-refractivity contribution in [1.82, 2.24) is 4.98 Å². The fourth-order valence-corrected chi connectivity index (χ4v) is 1.92. The summed E-state index contributed by atoms with van der Waals surface area (Å²) in [6, 6.07) is 9.32. The third-order valence-corrected chi connectivity index (χ3v) is 3.07. The number of aryl methyl sites for hydroxylation is 1. The van der Waals surface area contributed by atoms with Gasteiger partial charge in [0.1, 0.15) is 5.69 Å². The number of H-pyrrole nitrogens is 1. The number of halogens is 1. The molecule has 0 unspecified atom stereocenters. The Morgan fingerprint density at radius 2 is 2.16 bits per heavy atom. The number of nitrogens with one attached hydrogen (secondary N) is 2. The first-order chi connectivity index (χ1) is 9.10. The lowest BCUT2D eigenvalue weighted by Crippen LogP contribution is -2.04. The van der Waals surface area contributed by atoms with Crippen LogP contribution in [-0.4, -0.2) is 18.1 Å². The molecule has 2 aromatic rings. The summed E-state index contributed by atoms with van der Waals surface area (Å²) in [5, 5.41) is 3.90. The number of aromatic nitrogens is 1. The predicted octanol–water partition coefficient (Wildman–Crippen LogP) is 3.38. The number of methoxy groups -OCH3 is 1. The minimum absolute atomic E-state index is 0.375. The van der Waals surface area contributed by atoms with E-state index in [1.807, 2.05) is 31.2 Å². The molecule has 0 spiro atoms. The summed E-state index contributed by atoms with van der Waals surface area (Å²) in [5.74, 6) is -0.375. The van der Waals surface area contributed by atoms with Crippen LogP contribution in [0.1, 0.15) is 21.7 Å². The third-order valence-electron chi connectivity index (χ3n) is 2.74. The Morgan fingerprint density at radius 3 is 2.89 bits per heavy atom. The van der Waals surface area contributed by atoms with Crippen LogP contribution in [0.3, 0.4) is 0 Å². The van der Waals surface area contributed by atoms with Crippen molar-refractivity contribution in [3.8, 4) is 0 Å². The first kappa shape index (κ1) is 13.5. The van der Waals surface area contributed by atoms with Crippen LogP contribution in [0, 0.1) is 6.92 Å². The maximum atomic E-state index is 11.3. The summed E-state index contributed by atoms with van der Waals surface area (Å²) in [6.45, 7) is 2.56. The highest BCUT2D eigenvalue weighted by Gasteiger charge is 2.08. The van der Waals surface area contributed by atoms with Gasteiger partial charge in [-0.15, -0.1) is 0 Å². The highest BCUT2D eigenvalue weighted by molar-refractivity contribution is 6.33. The summed E-state index contributed by atoms with van der Waals surface area (Å²) in [6.07, 6.45) is 0. The number of rotatable bonds is 4. The molecular formula is C14H15ClN2O2. The molecule has 0 bridgehead atoms. The lowest BCUT2D eigenvalue weighted by molar-refractivity contribution is 0.0594. The molecule has 2 rings (SSSR count). The van der Waals surface area contributed by atoms with Gasteiger partial charge in [0.25, 0.3) is 0 Å². The van der Waals surface area contributed by atoms with Crippen molar-refractivity contribution in [2.75, 3.05) is 12.4 Å². The van der Waals surface area contributed by atoms with E-state index in [4.69, 9.17) is 11.6 Å². The van der Waals surface area contributed by atoms with Crippen LogP contribution < -0.4 is 5.32 Å². The van der Waals surface area contributed by atoms with Crippen LogP contribution in [0.2, 0.25) is 5.02 Å². The van der Waals surface area contributed by atoms with Gasteiger partial charge in [-0.25, -0.2) is 4.79 Å². The number of ether oxygens (including phenoxy) is 1. The SMILES string of the molecule is COC(=O)c1ccc(CNc2cc(C)ccc2Cl)[nH]1. The van der Waals surface area contributed by atoms with Crippen LogP contribution in [0.25, 0.3) is 0 Å². The molecule has 0 aliphatic carbocycles. The number of hydrogen-bond donors (Lipinski definition) is 2. The minimum atomic E-state index is -0.375. The fraction of sp³-hybridized carbons (Fsp3) is 0.214. The van der Waals surface area contributed by atoms with Gasteiger partial charge in [-0.05, 0) is 36.8 Å². The van der Waals surface area contributed by atoms with Gasteiger partial charge in [0.15, 0.2) is 0 Å². The molecule has 4 nitrogen and oxygen atoms in total. The van der Waals surface area contributed by atoms with Crippen molar-refractivity contribution in [2.45, 2.75) is 13.5 Å². The molecule has 2 N–H and O–H groups in total. The van der Waals surface area contributed by atoms with Gasteiger partial charge >= 0.3 is 5.97 Å². The van der Waals surface area contributed by atoms with E-state index in [9.17, 15) is 4.79 Å². The highest BCUT2D eigenvalue weighted by atomic mass is 35.5. The van der Waals surface area contributed by atoms with E-state index in [0.29, 0.717) is 17.3 Å². The third kappa shape index (κ3) is 3.29. The summed E-state index contributed by atoms with van der Waals surface area (Å²) in [5.41, 5.74) is 3.33. The Morgan fingerprint density at radius 1 is 1.37 bits per heavy atom. The molecular weight excluding hydrogens is 264 g/mol. The number of aromatic amines is 1. The zero-order chi connectivity index (χ0) is 13.8. The van der Waals surface area contributed by atoms with Gasteiger partial charge in [0, 0.05) is 5.69 Å². The van der Waals surface area contributed by atoms with E-state index in [2.05, 4.69) is 15.0 Å². The first-order valence-corrected chi connectivity index (χ1v) is 6.24. The van der Waals surface area contributed by atoms with Gasteiger partial charge in [-0.3, -0.25) is 0 Å². The Bertz CT molecular complexity index is 593. The van der Waals surface area contributed by atoms with Crippen molar-refractivity contribution in [1.29, 1.82) is 0 Å². The number of hydrogen-bond acceptors (Lipinski definition) is 3. The number of benzene rings is 1. The summed E-state index contributed by atoms with van der Waals surface area (Å²) >= 11 is 6.09. The van der Waals surface area contributed by atoms with E-state index < -0.39 is 0 Å². The lowest BCUT2D eigenvalue weighted by Gasteiger charge is -2.08. The topological polar surface area (TPSA) is 54.1 Å². The Balaban J connectivity index is 2.04. The molecule has 0 aliphatic rings. The molecule has 1 heterocycles. The number of carbonyl (C=O) groups excluding carboxylic acids is 1. The molecule has 0 radical (unpaired) electrons. The van der Waals surface area contributed by atoms with E-state index in [0.717, 1.165) is 16.9 Å². The maximum absolute atomic E-state index is 11.3. The van der Waals surface area contributed by atoms with Crippen LogP contribution in [0.4, 0.5) is 5.69 Å². The predicted molar refractivity (Wildman–Crippen MR) is 75.6 cm³/mol. The van der Waals surface area contributed by atoms with Crippen LogP contribution in [0.15, 0.2) is 30.3 Å². The number of esters is 1. The second kappa shape index (κ2) is 5.80. The zero-order valence-corrected chi connectivity index (χ0v) is 11.5. The Labute approximate surface area is 116 Å². The largest absolute Gasteiger partial charge is 0.464 e. The molecule has 1 aromatic carbocycles. The van der Waals surface area contributed by atoms with Crippen molar-refractivity contribution in [3.63, 3.8) is 0 Å². The van der Waals surface area contributed by atoms with Gasteiger partial charge < -0.3 is 15.0 Å². The molecule has 19 heavy (non-hydrogen) atoms. The molecule has 0 saturated carbocycles. The van der Waals surface area contributed by atoms with Gasteiger partial charge in [0.05, 0.1) is 24.4 Å². The average molecular weight is 279 g/mol. The summed E-state index contributed by atoms with van der Waals surface area (Å²) in [4.78, 5) is 14.3. The van der Waals surface area contributed by atoms with Gasteiger partial charge in [-0.2, -0.15) is 0 Å². The molecule has 0 saturated heterocycles. The molecule has 100 valence electrons. The molecule has 5 heteroatoms. The van der Waals surface area contributed by atoms with Gasteiger partial charge in [0.2, 0.25) is 0 Å². The van der Waals surface area contributed by atoms with Crippen LogP contribution in [-0.2, 0) is 11.3 Å². The second-order valence-corrected chi connectivity index (χ2v) is 4.63. The summed E-state index contributed by atoms with van der Waals surface area (Å²) < 4.78 is 4.64. The minimum Gasteiger partial charge on any atom is -0.464 e. The standard InChI is InChI=1S/C14H15ClN2O2/c1-9-3-5-11(15)13(7-9)16-8-10-4-6-12(17-10)14(18)19-2/h3-7,16-17H,8H2,1-2H3. The van der Waals surface area contributed by atoms with E-state index in [1.165, 1.54) is 7.11 Å². The second-order valence-electron chi connectivity index (χ2n) is 4.23. The van der Waals surface area contributed by atoms with Crippen molar-refractivity contribution >= 4 is 23.3 Å². The molecule has 0 aliphatic heterocycles. The Kier molecular flexibility index (Phi) is 4.12. The first-order valence-electron chi connectivity index (χ1n) is 5.86. The lowest BCUT2D eigenvalue weighted by atomic mass is 10.2. The van der Waals surface area contributed by atoms with Crippen LogP contribution >= 0.6 is 11.6 Å². The average Bonchev–Trinajstić information content (AvgIpc) is 2.88. The van der Waals surface area contributed by atoms with E-state index in [-0.39, 0.29) is 5.97 Å². The quantitative estimate of drug-likeness (QED) is 0.843. The van der Waals surface area contributed by atoms with Crippen molar-refractivity contribution < 1.29 is 9.53 Å². The van der Waals surface area contributed by atoms with E-state index >= 15 is 0 Å². The van der Waals surface area contributed by atoms with Crippen molar-refractivity contribution in [3.05, 3.63) is 52.3 Å². The number of anilines is 1. The van der Waals surface area contributed by atoms with Crippen molar-refractivity contribution in [2.24, 2.45) is 0 Å². The fourth-order valence-electron chi connectivity index (χ4n) is 1.74. The normalized spacial score (nSPS) is 10.3. The van der Waals surface area contributed by atoms with Crippen LogP contribution in [0.5, 0.6) is 0 Å². The molecule has 0 atom stereocenters. The Hall–Kier alpha value is -1.94. The van der Waals surface area contributed by atoms with E-state index in [1.54, 1.807) is 6.07 Å². The molecule has 0 fully saturated rings. The molecule has 0 amide bonds. The number of carbonyl (C=O) groups is 1.